The minimum atomic E-state index is 0.120. The van der Waals surface area contributed by atoms with E-state index in [1.807, 2.05) is 10.9 Å². The van der Waals surface area contributed by atoms with Crippen molar-refractivity contribution in [2.24, 2.45) is 0 Å². The molecular formula is C60H117N3O26. The first-order valence-electron chi connectivity index (χ1n) is 32.0. The van der Waals surface area contributed by atoms with Crippen LogP contribution >= 0.6 is 0 Å². The number of carbonyl (C=O) groups is 1. The van der Waals surface area contributed by atoms with Crippen molar-refractivity contribution in [3.05, 3.63) is 11.9 Å². The maximum Gasteiger partial charge on any atom is 0.132 e. The summed E-state index contributed by atoms with van der Waals surface area (Å²) in [5.41, 5.74) is 0.832. The first-order valence-corrected chi connectivity index (χ1v) is 32.0. The van der Waals surface area contributed by atoms with Crippen molar-refractivity contribution >= 4 is 5.78 Å². The minimum absolute atomic E-state index is 0.120. The molecule has 0 aliphatic heterocycles. The molecule has 29 nitrogen and oxygen atoms in total. The van der Waals surface area contributed by atoms with Crippen molar-refractivity contribution in [2.75, 3.05) is 324 Å². The van der Waals surface area contributed by atoms with Gasteiger partial charge in [-0.25, -0.2) is 0 Å². The fourth-order valence-electron chi connectivity index (χ4n) is 6.71. The molecule has 0 aromatic carbocycles. The smallest absolute Gasteiger partial charge is 0.132 e. The van der Waals surface area contributed by atoms with Crippen LogP contribution in [0.2, 0.25) is 0 Å². The zero-order chi connectivity index (χ0) is 63.4. The number of unbranched alkanes of at least 4 members (excludes halogenated alkanes) is 2. The summed E-state index contributed by atoms with van der Waals surface area (Å²) in [5.74, 6) is 0.120. The molecule has 29 heteroatoms. The second-order valence-corrected chi connectivity index (χ2v) is 18.9. The molecule has 0 unspecified atom stereocenters. The summed E-state index contributed by atoms with van der Waals surface area (Å²) in [6.45, 7) is 28.8. The Morgan fingerprint density at radius 2 is 0.461 bits per heavy atom. The third-order valence-electron chi connectivity index (χ3n) is 11.4. The van der Waals surface area contributed by atoms with E-state index < -0.39 is 0 Å². The fraction of sp³-hybridized carbons (Fsp3) is 0.950. The second kappa shape index (κ2) is 76.5. The van der Waals surface area contributed by atoms with Crippen LogP contribution in [0.15, 0.2) is 6.20 Å². The van der Waals surface area contributed by atoms with Gasteiger partial charge >= 0.3 is 0 Å². The van der Waals surface area contributed by atoms with Crippen molar-refractivity contribution in [2.45, 2.75) is 52.7 Å². The highest BCUT2D eigenvalue weighted by Gasteiger charge is 2.04. The number of hydrogen-bond donors (Lipinski definition) is 0. The Labute approximate surface area is 530 Å². The average molecular weight is 1300 g/mol. The van der Waals surface area contributed by atoms with Crippen LogP contribution in [0.4, 0.5) is 0 Å². The Bertz CT molecular complexity index is 1490. The number of ketones is 1. The lowest BCUT2D eigenvalue weighted by Gasteiger charge is -2.09. The molecule has 0 saturated heterocycles. The molecule has 1 aromatic heterocycles. The highest BCUT2D eigenvalue weighted by Crippen LogP contribution is 2.01. The van der Waals surface area contributed by atoms with Gasteiger partial charge in [0.05, 0.1) is 337 Å². The summed E-state index contributed by atoms with van der Waals surface area (Å²) in [5, 5.41) is 8.26. The minimum Gasteiger partial charge on any atom is -0.379 e. The van der Waals surface area contributed by atoms with Crippen LogP contribution in [-0.2, 0) is 136 Å². The van der Waals surface area contributed by atoms with E-state index in [2.05, 4.69) is 17.2 Å². The second-order valence-electron chi connectivity index (χ2n) is 18.9. The molecule has 528 valence electrons. The fourth-order valence-corrected chi connectivity index (χ4v) is 6.71. The predicted octanol–water partition coefficient (Wildman–Crippen LogP) is 2.36. The van der Waals surface area contributed by atoms with Crippen molar-refractivity contribution in [1.29, 1.82) is 0 Å². The number of nitrogens with zero attached hydrogens (tertiary/aromatic N) is 3. The molecule has 1 aromatic rings. The van der Waals surface area contributed by atoms with Gasteiger partial charge in [0.25, 0.3) is 0 Å². The van der Waals surface area contributed by atoms with Crippen LogP contribution in [0, 0.1) is 0 Å². The van der Waals surface area contributed by atoms with Gasteiger partial charge in [0.2, 0.25) is 0 Å². The number of aryl methyl sites for hydroxylation is 1. The molecule has 0 N–H and O–H groups in total. The summed E-state index contributed by atoms with van der Waals surface area (Å²) in [7, 11) is 0. The van der Waals surface area contributed by atoms with Crippen LogP contribution in [0.1, 0.15) is 45.2 Å². The largest absolute Gasteiger partial charge is 0.379 e. The number of ether oxygens (including phenoxy) is 25. The van der Waals surface area contributed by atoms with Crippen LogP contribution in [0.3, 0.4) is 0 Å². The van der Waals surface area contributed by atoms with Gasteiger partial charge in [0.1, 0.15) is 11.5 Å². The van der Waals surface area contributed by atoms with Gasteiger partial charge in [-0.3, -0.25) is 9.48 Å². The van der Waals surface area contributed by atoms with E-state index in [1.165, 1.54) is 12.8 Å². The molecular weight excluding hydrogens is 1180 g/mol. The SMILES string of the molecule is CCCCCn1cc(COCCOCCOCCOCCOCCOCCOCCOCCOCCOCCOCCOCCOCCOCCOCCOCCOCCOCCOCCOCCOCCOCCOCCOCCOCCC(C)=O)nn1. The zero-order valence-electron chi connectivity index (χ0n) is 54.4. The molecule has 0 bridgehead atoms. The van der Waals surface area contributed by atoms with E-state index in [4.69, 9.17) is 118 Å². The standard InChI is InChI=1S/C60H117N3O26/c1-3-4-5-7-63-57-60(61-62-63)58-89-56-55-88-54-53-87-52-51-86-50-49-85-48-47-84-46-45-83-44-43-82-42-41-81-40-39-80-38-37-79-36-35-78-34-33-77-32-31-76-30-29-75-28-27-74-26-25-73-24-23-72-22-21-71-20-19-70-18-17-69-16-15-68-14-13-67-12-11-66-10-9-65-8-6-59(2)64/h57H,3-56,58H2,1-2H3. The molecule has 0 fully saturated rings. The highest BCUT2D eigenvalue weighted by molar-refractivity contribution is 5.75. The van der Waals surface area contributed by atoms with E-state index in [-0.39, 0.29) is 5.78 Å². The lowest BCUT2D eigenvalue weighted by Crippen LogP contribution is -2.16. The molecule has 0 saturated carbocycles. The van der Waals surface area contributed by atoms with Crippen LogP contribution < -0.4 is 0 Å². The maximum absolute atomic E-state index is 10.8. The molecule has 0 aliphatic carbocycles. The quantitative estimate of drug-likeness (QED) is 0.0847. The average Bonchev–Trinajstić information content (AvgIpc) is 4.13. The number of hydrogen-bond acceptors (Lipinski definition) is 28. The molecule has 1 heterocycles. The van der Waals surface area contributed by atoms with Crippen LogP contribution in [-0.4, -0.2) is 345 Å². The van der Waals surface area contributed by atoms with Crippen molar-refractivity contribution in [1.82, 2.24) is 15.0 Å². The Morgan fingerprint density at radius 1 is 0.281 bits per heavy atom. The lowest BCUT2D eigenvalue weighted by atomic mass is 10.2. The lowest BCUT2D eigenvalue weighted by molar-refractivity contribution is -0.118. The summed E-state index contributed by atoms with van der Waals surface area (Å²) < 4.78 is 140. The normalized spacial score (nSPS) is 11.8. The molecule has 0 radical (unpaired) electrons. The molecule has 0 aliphatic rings. The number of rotatable bonds is 81. The summed E-state index contributed by atoms with van der Waals surface area (Å²) in [4.78, 5) is 10.8. The first-order chi connectivity index (χ1) is 44.2. The van der Waals surface area contributed by atoms with Gasteiger partial charge in [-0.05, 0) is 13.3 Å². The van der Waals surface area contributed by atoms with Gasteiger partial charge in [-0.1, -0.05) is 25.0 Å². The van der Waals surface area contributed by atoms with E-state index in [0.29, 0.717) is 337 Å². The Morgan fingerprint density at radius 3 is 0.640 bits per heavy atom. The summed E-state index contributed by atoms with van der Waals surface area (Å²) in [6, 6.07) is 0. The summed E-state index contributed by atoms with van der Waals surface area (Å²) >= 11 is 0. The maximum atomic E-state index is 10.8. The van der Waals surface area contributed by atoms with E-state index in [1.54, 1.807) is 6.92 Å². The Kier molecular flexibility index (Phi) is 72.9. The third kappa shape index (κ3) is 73.1. The van der Waals surface area contributed by atoms with Gasteiger partial charge in [0, 0.05) is 13.0 Å². The summed E-state index contributed by atoms with van der Waals surface area (Å²) in [6.07, 6.45) is 5.86. The number of aromatic nitrogens is 3. The highest BCUT2D eigenvalue weighted by atomic mass is 16.6. The monoisotopic (exact) mass is 1300 g/mol. The third-order valence-corrected chi connectivity index (χ3v) is 11.4. The topological polar surface area (TPSA) is 279 Å². The van der Waals surface area contributed by atoms with Crippen molar-refractivity contribution in [3.63, 3.8) is 0 Å². The number of carbonyl (C=O) groups excluding carboxylic acids is 1. The Hall–Kier alpha value is -2.19. The first kappa shape index (κ1) is 84.8. The number of Topliss-reactive ketones (excluding diaryl/α,β-unsaturated/α-hetero) is 1. The predicted molar refractivity (Wildman–Crippen MR) is 324 cm³/mol. The Balaban J connectivity index is 1.59. The van der Waals surface area contributed by atoms with Gasteiger partial charge in [0.15, 0.2) is 0 Å². The van der Waals surface area contributed by atoms with Gasteiger partial charge < -0.3 is 118 Å². The van der Waals surface area contributed by atoms with E-state index >= 15 is 0 Å². The van der Waals surface area contributed by atoms with Crippen LogP contribution in [0.5, 0.6) is 0 Å². The molecule has 0 amide bonds. The molecule has 0 spiro atoms. The van der Waals surface area contributed by atoms with Crippen LogP contribution in [0.25, 0.3) is 0 Å². The van der Waals surface area contributed by atoms with Crippen molar-refractivity contribution < 1.29 is 123 Å². The van der Waals surface area contributed by atoms with Crippen molar-refractivity contribution in [3.8, 4) is 0 Å². The molecule has 89 heavy (non-hydrogen) atoms. The van der Waals surface area contributed by atoms with E-state index in [0.717, 1.165) is 18.7 Å². The zero-order valence-corrected chi connectivity index (χ0v) is 54.4. The molecule has 0 atom stereocenters. The van der Waals surface area contributed by atoms with Gasteiger partial charge in [-0.15, -0.1) is 5.10 Å². The van der Waals surface area contributed by atoms with E-state index in [9.17, 15) is 4.79 Å². The van der Waals surface area contributed by atoms with Gasteiger partial charge in [-0.2, -0.15) is 0 Å². The molecule has 1 rings (SSSR count).